The van der Waals surface area contributed by atoms with Crippen LogP contribution in [0.3, 0.4) is 0 Å². The number of amides is 1. The number of anilines is 1. The number of rotatable bonds is 3. The van der Waals surface area contributed by atoms with Gasteiger partial charge in [0.25, 0.3) is 0 Å². The minimum Gasteiger partial charge on any atom is -0.316 e. The zero-order valence-electron chi connectivity index (χ0n) is 9.90. The van der Waals surface area contributed by atoms with E-state index in [-0.39, 0.29) is 24.2 Å². The Morgan fingerprint density at radius 3 is 2.82 bits per heavy atom. The Labute approximate surface area is 111 Å². The van der Waals surface area contributed by atoms with E-state index in [1.54, 1.807) is 0 Å². The summed E-state index contributed by atoms with van der Waals surface area (Å²) in [5.41, 5.74) is 0. The van der Waals surface area contributed by atoms with Gasteiger partial charge in [-0.25, -0.2) is 0 Å². The van der Waals surface area contributed by atoms with Gasteiger partial charge >= 0.3 is 0 Å². The molecule has 1 fully saturated rings. The van der Waals surface area contributed by atoms with Crippen LogP contribution in [0.2, 0.25) is 0 Å². The predicted octanol–water partition coefficient (Wildman–Crippen LogP) is 1.63. The second-order valence-electron chi connectivity index (χ2n) is 4.28. The van der Waals surface area contributed by atoms with Gasteiger partial charge in [0.1, 0.15) is 5.01 Å². The predicted molar refractivity (Wildman–Crippen MR) is 70.9 cm³/mol. The van der Waals surface area contributed by atoms with E-state index in [0.717, 1.165) is 24.5 Å². The fraction of sp³-hybridized carbons (Fsp3) is 0.700. The summed E-state index contributed by atoms with van der Waals surface area (Å²) in [4.78, 5) is 11.8. The molecule has 1 aromatic heterocycles. The third-order valence-corrected chi connectivity index (χ3v) is 3.74. The second kappa shape index (κ2) is 6.28. The number of carbonyl (C=O) groups excluding carboxylic acids is 1. The zero-order chi connectivity index (χ0) is 11.5. The molecule has 0 radical (unpaired) electrons. The number of nitrogens with zero attached hydrogens (tertiary/aromatic N) is 2. The van der Waals surface area contributed by atoms with Crippen molar-refractivity contribution < 1.29 is 4.79 Å². The molecule has 1 atom stereocenters. The van der Waals surface area contributed by atoms with Gasteiger partial charge in [0.05, 0.1) is 5.92 Å². The number of nitrogens with one attached hydrogen (secondary N) is 2. The molecule has 0 aromatic carbocycles. The topological polar surface area (TPSA) is 66.9 Å². The Balaban J connectivity index is 0.00000144. The molecule has 0 bridgehead atoms. The Morgan fingerprint density at radius 1 is 1.53 bits per heavy atom. The largest absolute Gasteiger partial charge is 0.316 e. The first-order chi connectivity index (χ1) is 7.66. The van der Waals surface area contributed by atoms with Crippen molar-refractivity contribution in [2.45, 2.75) is 26.2 Å². The number of aromatic nitrogens is 2. The van der Waals surface area contributed by atoms with Crippen molar-refractivity contribution >= 4 is 34.8 Å². The lowest BCUT2D eigenvalue weighted by Gasteiger charge is -2.06. The fourth-order valence-corrected chi connectivity index (χ4v) is 2.35. The van der Waals surface area contributed by atoms with Gasteiger partial charge in [0.15, 0.2) is 0 Å². The molecule has 0 spiro atoms. The molecule has 1 aliphatic rings. The first kappa shape index (κ1) is 14.3. The maximum Gasteiger partial charge on any atom is 0.230 e. The van der Waals surface area contributed by atoms with Crippen LogP contribution in [0.15, 0.2) is 0 Å². The first-order valence-corrected chi connectivity index (χ1v) is 6.33. The van der Waals surface area contributed by atoms with Crippen LogP contribution in [0.5, 0.6) is 0 Å². The van der Waals surface area contributed by atoms with Gasteiger partial charge in [0, 0.05) is 12.5 Å². The maximum atomic E-state index is 11.8. The highest BCUT2D eigenvalue weighted by molar-refractivity contribution is 7.15. The number of hydrogen-bond donors (Lipinski definition) is 2. The smallest absolute Gasteiger partial charge is 0.230 e. The lowest BCUT2D eigenvalue weighted by Crippen LogP contribution is -2.24. The van der Waals surface area contributed by atoms with Crippen LogP contribution >= 0.6 is 23.7 Å². The van der Waals surface area contributed by atoms with Crippen LogP contribution in [0.1, 0.15) is 31.2 Å². The molecule has 1 amide bonds. The van der Waals surface area contributed by atoms with Gasteiger partial charge in [-0.1, -0.05) is 25.2 Å². The van der Waals surface area contributed by atoms with Gasteiger partial charge in [-0.15, -0.1) is 22.6 Å². The molecule has 2 heterocycles. The van der Waals surface area contributed by atoms with Gasteiger partial charge < -0.3 is 10.6 Å². The minimum atomic E-state index is 0. The quantitative estimate of drug-likeness (QED) is 0.881. The second-order valence-corrected chi connectivity index (χ2v) is 5.29. The van der Waals surface area contributed by atoms with E-state index in [1.165, 1.54) is 11.3 Å². The molecule has 1 aliphatic heterocycles. The molecule has 2 rings (SSSR count). The summed E-state index contributed by atoms with van der Waals surface area (Å²) in [5.74, 6) is 0.485. The summed E-state index contributed by atoms with van der Waals surface area (Å²) in [5, 5.41) is 15.6. The summed E-state index contributed by atoms with van der Waals surface area (Å²) >= 11 is 1.45. The van der Waals surface area contributed by atoms with E-state index in [9.17, 15) is 4.79 Å². The van der Waals surface area contributed by atoms with E-state index in [0.29, 0.717) is 11.0 Å². The monoisotopic (exact) mass is 276 g/mol. The van der Waals surface area contributed by atoms with Crippen molar-refractivity contribution in [2.75, 3.05) is 18.4 Å². The molecular weight excluding hydrogens is 260 g/mol. The van der Waals surface area contributed by atoms with Crippen LogP contribution in [0.25, 0.3) is 0 Å². The number of halogens is 1. The van der Waals surface area contributed by atoms with Crippen molar-refractivity contribution in [3.8, 4) is 0 Å². The summed E-state index contributed by atoms with van der Waals surface area (Å²) in [6.07, 6.45) is 0.904. The highest BCUT2D eigenvalue weighted by Gasteiger charge is 2.23. The van der Waals surface area contributed by atoms with Crippen molar-refractivity contribution in [2.24, 2.45) is 5.92 Å². The van der Waals surface area contributed by atoms with Crippen LogP contribution in [0, 0.1) is 5.92 Å². The average Bonchev–Trinajstić information content (AvgIpc) is 2.87. The van der Waals surface area contributed by atoms with Crippen molar-refractivity contribution in [3.63, 3.8) is 0 Å². The Hall–Kier alpha value is -0.720. The van der Waals surface area contributed by atoms with Gasteiger partial charge in [0.2, 0.25) is 11.0 Å². The Kier molecular flexibility index (Phi) is 5.30. The van der Waals surface area contributed by atoms with Crippen LogP contribution < -0.4 is 10.6 Å². The highest BCUT2D eigenvalue weighted by atomic mass is 35.5. The highest BCUT2D eigenvalue weighted by Crippen LogP contribution is 2.23. The van der Waals surface area contributed by atoms with Gasteiger partial charge in [-0.05, 0) is 13.0 Å². The van der Waals surface area contributed by atoms with E-state index in [4.69, 9.17) is 0 Å². The van der Waals surface area contributed by atoms with Crippen molar-refractivity contribution in [1.29, 1.82) is 0 Å². The average molecular weight is 277 g/mol. The first-order valence-electron chi connectivity index (χ1n) is 5.52. The van der Waals surface area contributed by atoms with E-state index in [1.807, 2.05) is 0 Å². The van der Waals surface area contributed by atoms with Crippen LogP contribution in [-0.4, -0.2) is 29.2 Å². The van der Waals surface area contributed by atoms with Crippen LogP contribution in [0.4, 0.5) is 5.13 Å². The molecule has 1 unspecified atom stereocenters. The molecular formula is C10H17ClN4OS. The van der Waals surface area contributed by atoms with Crippen molar-refractivity contribution in [1.82, 2.24) is 15.5 Å². The summed E-state index contributed by atoms with van der Waals surface area (Å²) in [6, 6.07) is 0. The summed E-state index contributed by atoms with van der Waals surface area (Å²) in [7, 11) is 0. The molecule has 0 saturated carbocycles. The van der Waals surface area contributed by atoms with Crippen molar-refractivity contribution in [3.05, 3.63) is 5.01 Å². The van der Waals surface area contributed by atoms with Gasteiger partial charge in [-0.3, -0.25) is 4.79 Å². The third-order valence-electron chi connectivity index (χ3n) is 2.60. The summed E-state index contributed by atoms with van der Waals surface area (Å²) in [6.45, 7) is 5.81. The SMILES string of the molecule is CC(C)c1nnc(NC(=O)C2CCNC2)s1.Cl. The summed E-state index contributed by atoms with van der Waals surface area (Å²) < 4.78 is 0. The maximum absolute atomic E-state index is 11.8. The minimum absolute atomic E-state index is 0. The molecule has 2 N–H and O–H groups in total. The molecule has 96 valence electrons. The lowest BCUT2D eigenvalue weighted by atomic mass is 10.1. The molecule has 17 heavy (non-hydrogen) atoms. The number of carbonyl (C=O) groups is 1. The zero-order valence-corrected chi connectivity index (χ0v) is 11.5. The molecule has 0 aliphatic carbocycles. The lowest BCUT2D eigenvalue weighted by molar-refractivity contribution is -0.119. The van der Waals surface area contributed by atoms with Crippen LogP contribution in [-0.2, 0) is 4.79 Å². The standard InChI is InChI=1S/C10H16N4OS.ClH/c1-6(2)9-13-14-10(16-9)12-8(15)7-3-4-11-5-7;/h6-7,11H,3-5H2,1-2H3,(H,12,14,15);1H. The Morgan fingerprint density at radius 2 is 2.29 bits per heavy atom. The third kappa shape index (κ3) is 3.62. The van der Waals surface area contributed by atoms with E-state index >= 15 is 0 Å². The fourth-order valence-electron chi connectivity index (χ4n) is 1.60. The van der Waals surface area contributed by atoms with E-state index < -0.39 is 0 Å². The normalized spacial score (nSPS) is 19.1. The van der Waals surface area contributed by atoms with E-state index in [2.05, 4.69) is 34.7 Å². The molecule has 1 aromatic rings. The molecule has 7 heteroatoms. The molecule has 1 saturated heterocycles. The number of hydrogen-bond acceptors (Lipinski definition) is 5. The van der Waals surface area contributed by atoms with Gasteiger partial charge in [-0.2, -0.15) is 0 Å². The molecule has 5 nitrogen and oxygen atoms in total. The Bertz CT molecular complexity index is 376.